The van der Waals surface area contributed by atoms with E-state index in [4.69, 9.17) is 4.74 Å². The van der Waals surface area contributed by atoms with Crippen molar-refractivity contribution in [1.29, 1.82) is 0 Å². The Balaban J connectivity index is 1.90. The Morgan fingerprint density at radius 2 is 2.29 bits per heavy atom. The summed E-state index contributed by atoms with van der Waals surface area (Å²) in [5.74, 6) is 0.585. The van der Waals surface area contributed by atoms with Crippen LogP contribution in [0.25, 0.3) is 0 Å². The van der Waals surface area contributed by atoms with Crippen LogP contribution >= 0.6 is 0 Å². The van der Waals surface area contributed by atoms with E-state index in [-0.39, 0.29) is 12.5 Å². The number of ether oxygens (including phenoxy) is 1. The van der Waals surface area contributed by atoms with E-state index in [2.05, 4.69) is 29.5 Å². The minimum atomic E-state index is -0.127. The highest BCUT2D eigenvalue weighted by Crippen LogP contribution is 2.22. The van der Waals surface area contributed by atoms with Crippen molar-refractivity contribution in [1.82, 2.24) is 10.2 Å². The van der Waals surface area contributed by atoms with Crippen molar-refractivity contribution in [3.8, 4) is 5.75 Å². The number of likely N-dealkylation sites (N-methyl/N-ethyl adjacent to an activating group) is 1. The van der Waals surface area contributed by atoms with Gasteiger partial charge < -0.3 is 20.3 Å². The van der Waals surface area contributed by atoms with Crippen molar-refractivity contribution in [2.75, 3.05) is 32.6 Å². The van der Waals surface area contributed by atoms with E-state index in [1.54, 1.807) is 7.05 Å². The van der Waals surface area contributed by atoms with Crippen molar-refractivity contribution in [2.24, 2.45) is 0 Å². The highest BCUT2D eigenvalue weighted by Gasteiger charge is 2.22. The fourth-order valence-corrected chi connectivity index (χ4v) is 2.55. The SMILES string of the molecule is CNC(=O)COc1cccc(NC2CCN(C)C(C)C2)c1. The van der Waals surface area contributed by atoms with E-state index in [9.17, 15) is 4.79 Å². The molecule has 1 aliphatic heterocycles. The molecule has 2 N–H and O–H groups in total. The molecule has 2 unspecified atom stereocenters. The second-order valence-electron chi connectivity index (χ2n) is 5.68. The van der Waals surface area contributed by atoms with E-state index in [0.29, 0.717) is 17.8 Å². The van der Waals surface area contributed by atoms with Gasteiger partial charge in [-0.15, -0.1) is 0 Å². The van der Waals surface area contributed by atoms with Gasteiger partial charge in [0.1, 0.15) is 5.75 Å². The summed E-state index contributed by atoms with van der Waals surface area (Å²) < 4.78 is 5.47. The van der Waals surface area contributed by atoms with E-state index in [1.165, 1.54) is 0 Å². The van der Waals surface area contributed by atoms with Crippen molar-refractivity contribution in [2.45, 2.75) is 31.8 Å². The van der Waals surface area contributed by atoms with Gasteiger partial charge in [0, 0.05) is 37.4 Å². The molecule has 2 atom stereocenters. The first-order valence-corrected chi connectivity index (χ1v) is 7.48. The Morgan fingerprint density at radius 1 is 1.48 bits per heavy atom. The molecular weight excluding hydrogens is 266 g/mol. The van der Waals surface area contributed by atoms with E-state index < -0.39 is 0 Å². The summed E-state index contributed by atoms with van der Waals surface area (Å²) in [5, 5.41) is 6.11. The van der Waals surface area contributed by atoms with Crippen LogP contribution in [0.3, 0.4) is 0 Å². The second-order valence-corrected chi connectivity index (χ2v) is 5.68. The van der Waals surface area contributed by atoms with E-state index in [1.807, 2.05) is 24.3 Å². The number of carbonyl (C=O) groups excluding carboxylic acids is 1. The molecule has 0 bridgehead atoms. The van der Waals surface area contributed by atoms with Gasteiger partial charge in [-0.3, -0.25) is 4.79 Å². The molecule has 0 spiro atoms. The maximum absolute atomic E-state index is 11.2. The first kappa shape index (κ1) is 15.6. The maximum atomic E-state index is 11.2. The summed E-state index contributed by atoms with van der Waals surface area (Å²) in [5.41, 5.74) is 1.05. The number of hydrogen-bond acceptors (Lipinski definition) is 4. The second kappa shape index (κ2) is 7.31. The Morgan fingerprint density at radius 3 is 3.00 bits per heavy atom. The van der Waals surface area contributed by atoms with Gasteiger partial charge in [-0.25, -0.2) is 0 Å². The van der Waals surface area contributed by atoms with Crippen LogP contribution in [0.15, 0.2) is 24.3 Å². The first-order chi connectivity index (χ1) is 10.1. The third-order valence-corrected chi connectivity index (χ3v) is 4.06. The zero-order chi connectivity index (χ0) is 15.2. The molecule has 0 aliphatic carbocycles. The zero-order valence-electron chi connectivity index (χ0n) is 13.1. The number of amides is 1. The molecule has 1 amide bonds. The number of rotatable bonds is 5. The van der Waals surface area contributed by atoms with Crippen molar-refractivity contribution < 1.29 is 9.53 Å². The molecule has 1 saturated heterocycles. The molecule has 1 fully saturated rings. The minimum absolute atomic E-state index is 0.0468. The van der Waals surface area contributed by atoms with Gasteiger partial charge in [-0.05, 0) is 38.9 Å². The number of benzene rings is 1. The average Bonchev–Trinajstić information content (AvgIpc) is 2.49. The van der Waals surface area contributed by atoms with Crippen LogP contribution in [0, 0.1) is 0 Å². The molecule has 0 saturated carbocycles. The van der Waals surface area contributed by atoms with Crippen molar-refractivity contribution in [3.05, 3.63) is 24.3 Å². The van der Waals surface area contributed by atoms with Crippen molar-refractivity contribution >= 4 is 11.6 Å². The van der Waals surface area contributed by atoms with Crippen LogP contribution in [0.5, 0.6) is 5.75 Å². The van der Waals surface area contributed by atoms with Crippen LogP contribution in [0.1, 0.15) is 19.8 Å². The van der Waals surface area contributed by atoms with Gasteiger partial charge >= 0.3 is 0 Å². The Kier molecular flexibility index (Phi) is 5.44. The molecule has 0 aromatic heterocycles. The zero-order valence-corrected chi connectivity index (χ0v) is 13.1. The molecule has 5 heteroatoms. The Bertz CT molecular complexity index is 478. The highest BCUT2D eigenvalue weighted by molar-refractivity contribution is 5.77. The lowest BCUT2D eigenvalue weighted by atomic mass is 9.98. The predicted molar refractivity (Wildman–Crippen MR) is 84.7 cm³/mol. The summed E-state index contributed by atoms with van der Waals surface area (Å²) in [6.45, 7) is 3.42. The molecule has 21 heavy (non-hydrogen) atoms. The Hall–Kier alpha value is -1.75. The molecule has 116 valence electrons. The van der Waals surface area contributed by atoms with Gasteiger partial charge in [0.25, 0.3) is 5.91 Å². The maximum Gasteiger partial charge on any atom is 0.257 e. The van der Waals surface area contributed by atoms with Gasteiger partial charge in [-0.2, -0.15) is 0 Å². The number of piperidine rings is 1. The number of nitrogens with zero attached hydrogens (tertiary/aromatic N) is 1. The van der Waals surface area contributed by atoms with Gasteiger partial charge in [-0.1, -0.05) is 6.07 Å². The topological polar surface area (TPSA) is 53.6 Å². The molecule has 1 aliphatic rings. The number of hydrogen-bond donors (Lipinski definition) is 2. The summed E-state index contributed by atoms with van der Waals surface area (Å²) in [6.07, 6.45) is 2.28. The van der Waals surface area contributed by atoms with Gasteiger partial charge in [0.05, 0.1) is 0 Å². The number of nitrogens with one attached hydrogen (secondary N) is 2. The fraction of sp³-hybridized carbons (Fsp3) is 0.562. The average molecular weight is 291 g/mol. The third-order valence-electron chi connectivity index (χ3n) is 4.06. The number of likely N-dealkylation sites (tertiary alicyclic amines) is 1. The lowest BCUT2D eigenvalue weighted by Gasteiger charge is -2.35. The smallest absolute Gasteiger partial charge is 0.257 e. The molecule has 1 aromatic rings. The highest BCUT2D eigenvalue weighted by atomic mass is 16.5. The minimum Gasteiger partial charge on any atom is -0.484 e. The van der Waals surface area contributed by atoms with Crippen molar-refractivity contribution in [3.63, 3.8) is 0 Å². The Labute approximate surface area is 126 Å². The van der Waals surface area contributed by atoms with Crippen LogP contribution in [-0.2, 0) is 4.79 Å². The molecule has 5 nitrogen and oxygen atoms in total. The largest absolute Gasteiger partial charge is 0.484 e. The monoisotopic (exact) mass is 291 g/mol. The van der Waals surface area contributed by atoms with E-state index >= 15 is 0 Å². The summed E-state index contributed by atoms with van der Waals surface area (Å²) >= 11 is 0. The molecule has 0 radical (unpaired) electrons. The molecule has 1 aromatic carbocycles. The molecular formula is C16H25N3O2. The summed E-state index contributed by atoms with van der Waals surface area (Å²) in [4.78, 5) is 13.6. The summed E-state index contributed by atoms with van der Waals surface area (Å²) in [7, 11) is 3.78. The first-order valence-electron chi connectivity index (χ1n) is 7.48. The van der Waals surface area contributed by atoms with E-state index in [0.717, 1.165) is 25.1 Å². The van der Waals surface area contributed by atoms with Crippen LogP contribution in [-0.4, -0.2) is 50.1 Å². The van der Waals surface area contributed by atoms with Crippen LogP contribution < -0.4 is 15.4 Å². The predicted octanol–water partition coefficient (Wildman–Crippen LogP) is 1.71. The third kappa shape index (κ3) is 4.63. The molecule has 1 heterocycles. The quantitative estimate of drug-likeness (QED) is 0.867. The van der Waals surface area contributed by atoms with Gasteiger partial charge in [0.15, 0.2) is 6.61 Å². The lowest BCUT2D eigenvalue weighted by molar-refractivity contribution is -0.122. The van der Waals surface area contributed by atoms with Crippen LogP contribution in [0.2, 0.25) is 0 Å². The van der Waals surface area contributed by atoms with Gasteiger partial charge in [0.2, 0.25) is 0 Å². The summed E-state index contributed by atoms with van der Waals surface area (Å²) in [6, 6.07) is 8.89. The normalized spacial score (nSPS) is 22.6. The van der Waals surface area contributed by atoms with Crippen LogP contribution in [0.4, 0.5) is 5.69 Å². The fourth-order valence-electron chi connectivity index (χ4n) is 2.55. The number of anilines is 1. The lowest BCUT2D eigenvalue weighted by Crippen LogP contribution is -2.42. The molecule has 2 rings (SSSR count). The standard InChI is InChI=1S/C16H25N3O2/c1-12-9-14(7-8-19(12)3)18-13-5-4-6-15(10-13)21-11-16(20)17-2/h4-6,10,12,14,18H,7-9,11H2,1-3H3,(H,17,20). The number of carbonyl (C=O) groups is 1.